The highest BCUT2D eigenvalue weighted by atomic mass is 16.7. The topological polar surface area (TPSA) is 49.0 Å². The zero-order chi connectivity index (χ0) is 14.1. The SMILES string of the molecule is COc1ccc(CCNCC(OC)OC)cc1OC. The van der Waals surface area contributed by atoms with Gasteiger partial charge in [-0.1, -0.05) is 6.07 Å². The molecule has 0 amide bonds. The molecule has 0 fully saturated rings. The lowest BCUT2D eigenvalue weighted by Gasteiger charge is -2.14. The Morgan fingerprint density at radius 1 is 1.00 bits per heavy atom. The van der Waals surface area contributed by atoms with E-state index in [1.54, 1.807) is 28.4 Å². The summed E-state index contributed by atoms with van der Waals surface area (Å²) in [7, 11) is 6.53. The molecule has 1 rings (SSSR count). The van der Waals surface area contributed by atoms with Crippen LogP contribution in [-0.2, 0) is 15.9 Å². The van der Waals surface area contributed by atoms with Crippen molar-refractivity contribution >= 4 is 0 Å². The first-order chi connectivity index (χ1) is 9.24. The molecular formula is C14H23NO4. The van der Waals surface area contributed by atoms with E-state index >= 15 is 0 Å². The molecule has 0 spiro atoms. The minimum absolute atomic E-state index is 0.203. The summed E-state index contributed by atoms with van der Waals surface area (Å²) in [6.07, 6.45) is 0.700. The van der Waals surface area contributed by atoms with Crippen molar-refractivity contribution < 1.29 is 18.9 Å². The van der Waals surface area contributed by atoms with Crippen LogP contribution in [-0.4, -0.2) is 47.8 Å². The molecule has 0 atom stereocenters. The highest BCUT2D eigenvalue weighted by Crippen LogP contribution is 2.27. The third kappa shape index (κ3) is 5.06. The van der Waals surface area contributed by atoms with Gasteiger partial charge in [0, 0.05) is 20.8 Å². The second-order valence-corrected chi connectivity index (χ2v) is 4.04. The number of benzene rings is 1. The Hall–Kier alpha value is -1.30. The number of ether oxygens (including phenoxy) is 4. The van der Waals surface area contributed by atoms with Crippen LogP contribution in [0.2, 0.25) is 0 Å². The molecule has 0 aliphatic rings. The number of rotatable bonds is 9. The van der Waals surface area contributed by atoms with Gasteiger partial charge in [0.05, 0.1) is 14.2 Å². The van der Waals surface area contributed by atoms with Gasteiger partial charge in [0.15, 0.2) is 17.8 Å². The van der Waals surface area contributed by atoms with E-state index in [-0.39, 0.29) is 6.29 Å². The van der Waals surface area contributed by atoms with Crippen molar-refractivity contribution in [3.05, 3.63) is 23.8 Å². The summed E-state index contributed by atoms with van der Waals surface area (Å²) in [6, 6.07) is 5.94. The van der Waals surface area contributed by atoms with E-state index in [0.29, 0.717) is 6.54 Å². The lowest BCUT2D eigenvalue weighted by Crippen LogP contribution is -2.31. The summed E-state index contributed by atoms with van der Waals surface area (Å²) in [5.74, 6) is 1.50. The number of hydrogen-bond acceptors (Lipinski definition) is 5. The Balaban J connectivity index is 2.41. The molecule has 0 bridgehead atoms. The Kier molecular flexibility index (Phi) is 7.25. The van der Waals surface area contributed by atoms with Gasteiger partial charge in [-0.25, -0.2) is 0 Å². The monoisotopic (exact) mass is 269 g/mol. The highest BCUT2D eigenvalue weighted by molar-refractivity contribution is 5.42. The standard InChI is InChI=1S/C14H23NO4/c1-16-12-6-5-11(9-13(12)17-2)7-8-15-10-14(18-3)19-4/h5-6,9,14-15H,7-8,10H2,1-4H3. The van der Waals surface area contributed by atoms with Crippen molar-refractivity contribution in [2.75, 3.05) is 41.5 Å². The molecule has 0 saturated carbocycles. The summed E-state index contributed by atoms with van der Waals surface area (Å²) in [4.78, 5) is 0. The molecule has 1 aromatic carbocycles. The normalized spacial score (nSPS) is 10.8. The van der Waals surface area contributed by atoms with Gasteiger partial charge in [0.1, 0.15) is 0 Å². The van der Waals surface area contributed by atoms with Gasteiger partial charge >= 0.3 is 0 Å². The molecule has 5 heteroatoms. The summed E-state index contributed by atoms with van der Waals surface area (Å²) in [6.45, 7) is 1.51. The first-order valence-electron chi connectivity index (χ1n) is 6.22. The van der Waals surface area contributed by atoms with Gasteiger partial charge in [-0.05, 0) is 30.7 Å². The first kappa shape index (κ1) is 15.8. The van der Waals surface area contributed by atoms with Gasteiger partial charge < -0.3 is 24.3 Å². The van der Waals surface area contributed by atoms with Gasteiger partial charge in [0.25, 0.3) is 0 Å². The van der Waals surface area contributed by atoms with Gasteiger partial charge in [0.2, 0.25) is 0 Å². The summed E-state index contributed by atoms with van der Waals surface area (Å²) in [5.41, 5.74) is 1.19. The maximum atomic E-state index is 5.27. The van der Waals surface area contributed by atoms with Crippen LogP contribution in [0.5, 0.6) is 11.5 Å². The largest absolute Gasteiger partial charge is 0.493 e. The van der Waals surface area contributed by atoms with Crippen LogP contribution >= 0.6 is 0 Å². The molecule has 0 aliphatic heterocycles. The zero-order valence-electron chi connectivity index (χ0n) is 12.1. The van der Waals surface area contributed by atoms with Crippen molar-refractivity contribution in [2.45, 2.75) is 12.7 Å². The van der Waals surface area contributed by atoms with Crippen LogP contribution in [0, 0.1) is 0 Å². The zero-order valence-corrected chi connectivity index (χ0v) is 12.1. The van der Waals surface area contributed by atoms with Crippen LogP contribution in [0.4, 0.5) is 0 Å². The minimum Gasteiger partial charge on any atom is -0.493 e. The smallest absolute Gasteiger partial charge is 0.169 e. The van der Waals surface area contributed by atoms with E-state index < -0.39 is 0 Å². The fourth-order valence-electron chi connectivity index (χ4n) is 1.75. The van der Waals surface area contributed by atoms with Crippen molar-refractivity contribution in [2.24, 2.45) is 0 Å². The molecule has 19 heavy (non-hydrogen) atoms. The molecule has 1 aromatic rings. The average Bonchev–Trinajstić information content (AvgIpc) is 2.47. The molecule has 0 radical (unpaired) electrons. The predicted molar refractivity (Wildman–Crippen MR) is 73.9 cm³/mol. The molecule has 1 N–H and O–H groups in total. The third-order valence-corrected chi connectivity index (χ3v) is 2.88. The first-order valence-corrected chi connectivity index (χ1v) is 6.22. The van der Waals surface area contributed by atoms with Crippen molar-refractivity contribution in [1.82, 2.24) is 5.32 Å². The van der Waals surface area contributed by atoms with Crippen LogP contribution in [0.15, 0.2) is 18.2 Å². The van der Waals surface area contributed by atoms with Crippen LogP contribution < -0.4 is 14.8 Å². The Bertz CT molecular complexity index is 366. The fraction of sp³-hybridized carbons (Fsp3) is 0.571. The lowest BCUT2D eigenvalue weighted by atomic mass is 10.1. The average molecular weight is 269 g/mol. The van der Waals surface area contributed by atoms with E-state index in [4.69, 9.17) is 18.9 Å². The molecule has 5 nitrogen and oxygen atoms in total. The Labute approximate surface area is 114 Å². The third-order valence-electron chi connectivity index (χ3n) is 2.88. The fourth-order valence-corrected chi connectivity index (χ4v) is 1.75. The Morgan fingerprint density at radius 3 is 2.26 bits per heavy atom. The van der Waals surface area contributed by atoms with E-state index in [9.17, 15) is 0 Å². The van der Waals surface area contributed by atoms with Crippen LogP contribution in [0.25, 0.3) is 0 Å². The number of hydrogen-bond donors (Lipinski definition) is 1. The van der Waals surface area contributed by atoms with Crippen LogP contribution in [0.1, 0.15) is 5.56 Å². The van der Waals surface area contributed by atoms with Gasteiger partial charge in [-0.3, -0.25) is 0 Å². The maximum Gasteiger partial charge on any atom is 0.169 e. The van der Waals surface area contributed by atoms with Crippen molar-refractivity contribution in [3.8, 4) is 11.5 Å². The van der Waals surface area contributed by atoms with E-state index in [1.165, 1.54) is 5.56 Å². The molecule has 0 aliphatic carbocycles. The summed E-state index contributed by atoms with van der Waals surface area (Å²) in [5, 5.41) is 3.28. The van der Waals surface area contributed by atoms with E-state index in [0.717, 1.165) is 24.5 Å². The van der Waals surface area contributed by atoms with Crippen molar-refractivity contribution in [3.63, 3.8) is 0 Å². The molecular weight excluding hydrogens is 246 g/mol. The quantitative estimate of drug-likeness (QED) is 0.543. The number of nitrogens with one attached hydrogen (secondary N) is 1. The molecule has 0 aromatic heterocycles. The predicted octanol–water partition coefficient (Wildman–Crippen LogP) is 1.45. The minimum atomic E-state index is -0.203. The summed E-state index contributed by atoms with van der Waals surface area (Å²) >= 11 is 0. The maximum absolute atomic E-state index is 5.27. The van der Waals surface area contributed by atoms with Gasteiger partial charge in [-0.15, -0.1) is 0 Å². The van der Waals surface area contributed by atoms with Gasteiger partial charge in [-0.2, -0.15) is 0 Å². The van der Waals surface area contributed by atoms with Crippen LogP contribution in [0.3, 0.4) is 0 Å². The lowest BCUT2D eigenvalue weighted by molar-refractivity contribution is -0.0986. The molecule has 108 valence electrons. The summed E-state index contributed by atoms with van der Waals surface area (Å²) < 4.78 is 20.7. The second kappa shape index (κ2) is 8.74. The number of methoxy groups -OCH3 is 4. The molecule has 0 saturated heterocycles. The van der Waals surface area contributed by atoms with E-state index in [2.05, 4.69) is 5.32 Å². The molecule has 0 heterocycles. The molecule has 0 unspecified atom stereocenters. The Morgan fingerprint density at radius 2 is 1.68 bits per heavy atom. The highest BCUT2D eigenvalue weighted by Gasteiger charge is 2.06. The second-order valence-electron chi connectivity index (χ2n) is 4.04. The van der Waals surface area contributed by atoms with Crippen molar-refractivity contribution in [1.29, 1.82) is 0 Å². The van der Waals surface area contributed by atoms with E-state index in [1.807, 2.05) is 18.2 Å².